The molecule has 0 saturated heterocycles. The van der Waals surface area contributed by atoms with Crippen LogP contribution in [0.15, 0.2) is 36.7 Å². The molecule has 6 heteroatoms. The second-order valence-electron chi connectivity index (χ2n) is 6.38. The summed E-state index contributed by atoms with van der Waals surface area (Å²) >= 11 is 6.19. The molecule has 3 aromatic rings. The zero-order chi connectivity index (χ0) is 16.5. The van der Waals surface area contributed by atoms with Crippen LogP contribution in [0.3, 0.4) is 0 Å². The summed E-state index contributed by atoms with van der Waals surface area (Å²) in [7, 11) is 0. The molecule has 2 heterocycles. The van der Waals surface area contributed by atoms with Crippen LogP contribution in [0.2, 0.25) is 5.28 Å². The number of hydrogen-bond donors (Lipinski definition) is 1. The highest BCUT2D eigenvalue weighted by Crippen LogP contribution is 2.33. The van der Waals surface area contributed by atoms with Crippen molar-refractivity contribution in [3.05, 3.63) is 47.5 Å². The number of imidazole rings is 1. The number of halogens is 1. The largest absolute Gasteiger partial charge is 0.362 e. The smallest absolute Gasteiger partial charge is 0.226 e. The molecule has 1 saturated carbocycles. The van der Waals surface area contributed by atoms with Crippen molar-refractivity contribution in [2.75, 3.05) is 5.32 Å². The summed E-state index contributed by atoms with van der Waals surface area (Å²) < 4.78 is 2.16. The average Bonchev–Trinajstić information content (AvgIpc) is 3.24. The van der Waals surface area contributed by atoms with Crippen LogP contribution >= 0.6 is 11.6 Å². The number of benzene rings is 1. The van der Waals surface area contributed by atoms with Gasteiger partial charge in [-0.3, -0.25) is 0 Å². The van der Waals surface area contributed by atoms with Crippen LogP contribution in [0, 0.1) is 0 Å². The monoisotopic (exact) mass is 341 g/mol. The summed E-state index contributed by atoms with van der Waals surface area (Å²) in [6, 6.07) is 10.8. The minimum absolute atomic E-state index is 0.108. The standard InChI is InChI=1S/C18H20ClN5/c1-12(13-7-3-2-4-8-13)21-16-15-17(23-18(19)22-16)24(11-20-15)14-9-5-6-10-14/h2-4,7-8,11-12,14H,5-6,9-10H2,1H3,(H,21,22,23)/t12-/m1/s1. The van der Waals surface area contributed by atoms with Gasteiger partial charge in [-0.05, 0) is 36.9 Å². The molecule has 1 fully saturated rings. The second-order valence-corrected chi connectivity index (χ2v) is 6.72. The Balaban J connectivity index is 1.70. The first-order valence-electron chi connectivity index (χ1n) is 8.44. The van der Waals surface area contributed by atoms with Crippen LogP contribution < -0.4 is 5.32 Å². The number of nitrogens with one attached hydrogen (secondary N) is 1. The predicted molar refractivity (Wildman–Crippen MR) is 96.3 cm³/mol. The molecule has 1 aliphatic rings. The minimum atomic E-state index is 0.108. The van der Waals surface area contributed by atoms with Gasteiger partial charge in [-0.2, -0.15) is 9.97 Å². The Bertz CT molecular complexity index is 839. The summed E-state index contributed by atoms with van der Waals surface area (Å²) in [4.78, 5) is 13.4. The van der Waals surface area contributed by atoms with Crippen molar-refractivity contribution in [3.63, 3.8) is 0 Å². The summed E-state index contributed by atoms with van der Waals surface area (Å²) in [5.41, 5.74) is 2.80. The Morgan fingerprint density at radius 2 is 1.92 bits per heavy atom. The van der Waals surface area contributed by atoms with Gasteiger partial charge in [0.05, 0.1) is 12.4 Å². The third-order valence-corrected chi connectivity index (χ3v) is 4.93. The van der Waals surface area contributed by atoms with Gasteiger partial charge >= 0.3 is 0 Å². The Kier molecular flexibility index (Phi) is 4.10. The fraction of sp³-hybridized carbons (Fsp3) is 0.389. The Labute approximate surface area is 146 Å². The zero-order valence-electron chi connectivity index (χ0n) is 13.6. The topological polar surface area (TPSA) is 55.6 Å². The van der Waals surface area contributed by atoms with E-state index < -0.39 is 0 Å². The molecule has 0 spiro atoms. The minimum Gasteiger partial charge on any atom is -0.362 e. The van der Waals surface area contributed by atoms with E-state index in [9.17, 15) is 0 Å². The molecule has 4 rings (SSSR count). The third kappa shape index (κ3) is 2.84. The van der Waals surface area contributed by atoms with Crippen molar-refractivity contribution in [2.45, 2.75) is 44.7 Å². The van der Waals surface area contributed by atoms with Crippen LogP contribution in [0.4, 0.5) is 5.82 Å². The second kappa shape index (κ2) is 6.40. The lowest BCUT2D eigenvalue weighted by Gasteiger charge is -2.16. The van der Waals surface area contributed by atoms with Crippen LogP contribution in [0.25, 0.3) is 11.2 Å². The van der Waals surface area contributed by atoms with Gasteiger partial charge in [0, 0.05) is 6.04 Å². The fourth-order valence-electron chi connectivity index (χ4n) is 3.47. The van der Waals surface area contributed by atoms with Gasteiger partial charge < -0.3 is 9.88 Å². The van der Waals surface area contributed by atoms with E-state index in [1.807, 2.05) is 24.5 Å². The van der Waals surface area contributed by atoms with Crippen LogP contribution in [-0.4, -0.2) is 19.5 Å². The molecule has 5 nitrogen and oxygen atoms in total. The first kappa shape index (κ1) is 15.4. The van der Waals surface area contributed by atoms with Gasteiger partial charge in [-0.25, -0.2) is 4.98 Å². The average molecular weight is 342 g/mol. The van der Waals surface area contributed by atoms with Crippen LogP contribution in [0.1, 0.15) is 50.3 Å². The molecular weight excluding hydrogens is 322 g/mol. The summed E-state index contributed by atoms with van der Waals surface area (Å²) in [6.07, 6.45) is 6.76. The molecule has 1 aromatic carbocycles. The van der Waals surface area contributed by atoms with Gasteiger partial charge in [-0.15, -0.1) is 0 Å². The number of fused-ring (bicyclic) bond motifs is 1. The maximum Gasteiger partial charge on any atom is 0.226 e. The molecule has 124 valence electrons. The molecule has 0 aliphatic heterocycles. The predicted octanol–water partition coefficient (Wildman–Crippen LogP) is 4.77. The van der Waals surface area contributed by atoms with Gasteiger partial charge in [0.25, 0.3) is 0 Å². The molecule has 1 aliphatic carbocycles. The van der Waals surface area contributed by atoms with Crippen molar-refractivity contribution in [2.24, 2.45) is 0 Å². The van der Waals surface area contributed by atoms with E-state index in [1.54, 1.807) is 0 Å². The van der Waals surface area contributed by atoms with Crippen molar-refractivity contribution in [3.8, 4) is 0 Å². The van der Waals surface area contributed by atoms with E-state index in [0.29, 0.717) is 11.9 Å². The van der Waals surface area contributed by atoms with Crippen LogP contribution in [0.5, 0.6) is 0 Å². The number of rotatable bonds is 4. The highest BCUT2D eigenvalue weighted by Gasteiger charge is 2.22. The van der Waals surface area contributed by atoms with Gasteiger partial charge in [-0.1, -0.05) is 43.2 Å². The molecule has 2 aromatic heterocycles. The fourth-order valence-corrected chi connectivity index (χ4v) is 3.63. The van der Waals surface area contributed by atoms with E-state index in [0.717, 1.165) is 11.2 Å². The maximum atomic E-state index is 6.19. The van der Waals surface area contributed by atoms with E-state index in [1.165, 1.54) is 31.2 Å². The molecule has 1 atom stereocenters. The SMILES string of the molecule is C[C@@H](Nc1nc(Cl)nc2c1ncn2C1CCCC1)c1ccccc1. The number of anilines is 1. The molecule has 1 N–H and O–H groups in total. The highest BCUT2D eigenvalue weighted by molar-refractivity contribution is 6.28. The first-order chi connectivity index (χ1) is 11.7. The zero-order valence-corrected chi connectivity index (χ0v) is 14.4. The van der Waals surface area contributed by atoms with Crippen molar-refractivity contribution >= 4 is 28.6 Å². The van der Waals surface area contributed by atoms with Crippen molar-refractivity contribution in [1.82, 2.24) is 19.5 Å². The van der Waals surface area contributed by atoms with Gasteiger partial charge in [0.1, 0.15) is 0 Å². The van der Waals surface area contributed by atoms with E-state index >= 15 is 0 Å². The molecular formula is C18H20ClN5. The summed E-state index contributed by atoms with van der Waals surface area (Å²) in [5, 5.41) is 3.69. The molecule has 0 unspecified atom stereocenters. The lowest BCUT2D eigenvalue weighted by Crippen LogP contribution is -2.10. The van der Waals surface area contributed by atoms with E-state index in [4.69, 9.17) is 11.6 Å². The van der Waals surface area contributed by atoms with Gasteiger partial charge in [0.2, 0.25) is 5.28 Å². The summed E-state index contributed by atoms with van der Waals surface area (Å²) in [6.45, 7) is 2.10. The number of aromatic nitrogens is 4. The molecule has 0 radical (unpaired) electrons. The quantitative estimate of drug-likeness (QED) is 0.694. The lowest BCUT2D eigenvalue weighted by atomic mass is 10.1. The van der Waals surface area contributed by atoms with Crippen LogP contribution in [-0.2, 0) is 0 Å². The maximum absolute atomic E-state index is 6.19. The molecule has 0 bridgehead atoms. The number of hydrogen-bond acceptors (Lipinski definition) is 4. The van der Waals surface area contributed by atoms with Gasteiger partial charge in [0.15, 0.2) is 17.0 Å². The Morgan fingerprint density at radius 1 is 1.17 bits per heavy atom. The van der Waals surface area contributed by atoms with Crippen molar-refractivity contribution < 1.29 is 0 Å². The Hall–Kier alpha value is -2.14. The normalized spacial score (nSPS) is 16.6. The lowest BCUT2D eigenvalue weighted by molar-refractivity contribution is 0.529. The van der Waals surface area contributed by atoms with E-state index in [2.05, 4.69) is 43.9 Å². The summed E-state index contributed by atoms with van der Waals surface area (Å²) in [5.74, 6) is 0.693. The first-order valence-corrected chi connectivity index (χ1v) is 8.82. The molecule has 0 amide bonds. The third-order valence-electron chi connectivity index (χ3n) is 4.77. The number of nitrogens with zero attached hydrogens (tertiary/aromatic N) is 4. The van der Waals surface area contributed by atoms with Crippen molar-refractivity contribution in [1.29, 1.82) is 0 Å². The van der Waals surface area contributed by atoms with E-state index in [-0.39, 0.29) is 11.3 Å². The highest BCUT2D eigenvalue weighted by atomic mass is 35.5. The Morgan fingerprint density at radius 3 is 2.67 bits per heavy atom. The molecule has 24 heavy (non-hydrogen) atoms.